The van der Waals surface area contributed by atoms with E-state index < -0.39 is 0 Å². The van der Waals surface area contributed by atoms with Crippen molar-refractivity contribution in [3.05, 3.63) is 29.6 Å². The molecule has 0 aliphatic heterocycles. The van der Waals surface area contributed by atoms with Gasteiger partial charge in [-0.1, -0.05) is 0 Å². The minimum atomic E-state index is -0.288. The van der Waals surface area contributed by atoms with Crippen molar-refractivity contribution in [3.8, 4) is 5.75 Å². The van der Waals surface area contributed by atoms with Crippen LogP contribution in [0.3, 0.4) is 0 Å². The molecule has 17 heavy (non-hydrogen) atoms. The highest BCUT2D eigenvalue weighted by Gasteiger charge is 2.09. The Morgan fingerprint density at radius 2 is 2.00 bits per heavy atom. The highest BCUT2D eigenvalue weighted by Crippen LogP contribution is 2.24. The van der Waals surface area contributed by atoms with Crippen molar-refractivity contribution in [2.24, 2.45) is 5.73 Å². The van der Waals surface area contributed by atoms with E-state index in [2.05, 4.69) is 0 Å². The van der Waals surface area contributed by atoms with Crippen molar-refractivity contribution in [3.63, 3.8) is 0 Å². The maximum absolute atomic E-state index is 13.1. The zero-order valence-corrected chi connectivity index (χ0v) is 10.4. The van der Waals surface area contributed by atoms with Crippen molar-refractivity contribution in [2.45, 2.75) is 25.8 Å². The highest BCUT2D eigenvalue weighted by molar-refractivity contribution is 5.36. The summed E-state index contributed by atoms with van der Waals surface area (Å²) in [6, 6.07) is 4.20. The van der Waals surface area contributed by atoms with Crippen molar-refractivity contribution in [2.75, 3.05) is 20.3 Å². The molecule has 1 rings (SSSR count). The number of unbranched alkanes of at least 4 members (excludes halogenated alkanes) is 1. The molecule has 0 amide bonds. The standard InChI is InChI=1S/C13H20FNO2/c1-10(15)12-9-11(14)5-6-13(12)17-8-4-3-7-16-2/h5-6,9-10H,3-4,7-8,15H2,1-2H3/t10-/m0/s1. The zero-order valence-electron chi connectivity index (χ0n) is 10.4. The van der Waals surface area contributed by atoms with Crippen molar-refractivity contribution in [1.82, 2.24) is 0 Å². The van der Waals surface area contributed by atoms with Crippen LogP contribution >= 0.6 is 0 Å². The second-order valence-corrected chi connectivity index (χ2v) is 4.02. The zero-order chi connectivity index (χ0) is 12.7. The van der Waals surface area contributed by atoms with Gasteiger partial charge in [-0.25, -0.2) is 4.39 Å². The Balaban J connectivity index is 2.52. The summed E-state index contributed by atoms with van der Waals surface area (Å²) in [6.45, 7) is 3.13. The molecule has 0 saturated heterocycles. The molecule has 1 aromatic rings. The summed E-state index contributed by atoms with van der Waals surface area (Å²) in [6.07, 6.45) is 1.86. The lowest BCUT2D eigenvalue weighted by molar-refractivity contribution is 0.184. The van der Waals surface area contributed by atoms with E-state index in [0.29, 0.717) is 17.9 Å². The molecule has 4 heteroatoms. The van der Waals surface area contributed by atoms with Gasteiger partial charge in [-0.05, 0) is 38.0 Å². The van der Waals surface area contributed by atoms with Gasteiger partial charge in [0.05, 0.1) is 6.61 Å². The molecule has 0 bridgehead atoms. The quantitative estimate of drug-likeness (QED) is 0.746. The van der Waals surface area contributed by atoms with Crippen LogP contribution in [0.4, 0.5) is 4.39 Å². The number of halogens is 1. The first kappa shape index (κ1) is 13.9. The highest BCUT2D eigenvalue weighted by atomic mass is 19.1. The van der Waals surface area contributed by atoms with Crippen LogP contribution in [-0.4, -0.2) is 20.3 Å². The van der Waals surface area contributed by atoms with E-state index in [-0.39, 0.29) is 11.9 Å². The molecule has 0 heterocycles. The molecule has 0 spiro atoms. The second kappa shape index (κ2) is 7.25. The first-order valence-corrected chi connectivity index (χ1v) is 5.82. The van der Waals surface area contributed by atoms with Crippen molar-refractivity contribution < 1.29 is 13.9 Å². The third kappa shape index (κ3) is 4.71. The minimum Gasteiger partial charge on any atom is -0.493 e. The predicted octanol–water partition coefficient (Wildman–Crippen LogP) is 2.65. The lowest BCUT2D eigenvalue weighted by Crippen LogP contribution is -2.09. The SMILES string of the molecule is COCCCCOc1ccc(F)cc1[C@H](C)N. The first-order valence-electron chi connectivity index (χ1n) is 5.82. The van der Waals surface area contributed by atoms with Gasteiger partial charge in [0.15, 0.2) is 0 Å². The Hall–Kier alpha value is -1.13. The van der Waals surface area contributed by atoms with Crippen LogP contribution in [0.15, 0.2) is 18.2 Å². The molecular formula is C13H20FNO2. The molecule has 0 aliphatic carbocycles. The third-order valence-corrected chi connectivity index (χ3v) is 2.46. The fourth-order valence-electron chi connectivity index (χ4n) is 1.54. The van der Waals surface area contributed by atoms with E-state index in [1.807, 2.05) is 6.92 Å². The number of hydrogen-bond acceptors (Lipinski definition) is 3. The maximum Gasteiger partial charge on any atom is 0.124 e. The van der Waals surface area contributed by atoms with Crippen molar-refractivity contribution >= 4 is 0 Å². The fourth-order valence-corrected chi connectivity index (χ4v) is 1.54. The monoisotopic (exact) mass is 241 g/mol. The van der Waals surface area contributed by atoms with Crippen LogP contribution in [0.1, 0.15) is 31.4 Å². The largest absolute Gasteiger partial charge is 0.493 e. The topological polar surface area (TPSA) is 44.5 Å². The van der Waals surface area contributed by atoms with Crippen LogP contribution in [0.5, 0.6) is 5.75 Å². The molecule has 0 saturated carbocycles. The molecular weight excluding hydrogens is 221 g/mol. The smallest absolute Gasteiger partial charge is 0.124 e. The number of nitrogens with two attached hydrogens (primary N) is 1. The summed E-state index contributed by atoms with van der Waals surface area (Å²) in [5, 5.41) is 0. The molecule has 0 aliphatic rings. The third-order valence-electron chi connectivity index (χ3n) is 2.46. The van der Waals surface area contributed by atoms with Crippen LogP contribution < -0.4 is 10.5 Å². The van der Waals surface area contributed by atoms with Gasteiger partial charge >= 0.3 is 0 Å². The molecule has 96 valence electrons. The average molecular weight is 241 g/mol. The van der Waals surface area contributed by atoms with Crippen molar-refractivity contribution in [1.29, 1.82) is 0 Å². The number of rotatable bonds is 7. The Kier molecular flexibility index (Phi) is 5.94. The van der Waals surface area contributed by atoms with Gasteiger partial charge in [-0.3, -0.25) is 0 Å². The fraction of sp³-hybridized carbons (Fsp3) is 0.538. The molecule has 0 fully saturated rings. The number of ether oxygens (including phenoxy) is 2. The number of methoxy groups -OCH3 is 1. The molecule has 2 N–H and O–H groups in total. The van der Waals surface area contributed by atoms with Gasteiger partial charge in [0.2, 0.25) is 0 Å². The summed E-state index contributed by atoms with van der Waals surface area (Å²) in [4.78, 5) is 0. The van der Waals surface area contributed by atoms with E-state index >= 15 is 0 Å². The van der Waals surface area contributed by atoms with Crippen LogP contribution in [0, 0.1) is 5.82 Å². The lowest BCUT2D eigenvalue weighted by atomic mass is 10.1. The van der Waals surface area contributed by atoms with E-state index in [1.54, 1.807) is 13.2 Å². The van der Waals surface area contributed by atoms with E-state index in [1.165, 1.54) is 12.1 Å². The number of hydrogen-bond donors (Lipinski definition) is 1. The molecule has 1 atom stereocenters. The second-order valence-electron chi connectivity index (χ2n) is 4.02. The number of benzene rings is 1. The normalized spacial score (nSPS) is 12.5. The molecule has 1 aromatic carbocycles. The summed E-state index contributed by atoms with van der Waals surface area (Å²) < 4.78 is 23.6. The van der Waals surface area contributed by atoms with Gasteiger partial charge < -0.3 is 15.2 Å². The Morgan fingerprint density at radius 3 is 2.65 bits per heavy atom. The Labute approximate surface area is 102 Å². The van der Waals surface area contributed by atoms with Crippen LogP contribution in [0.25, 0.3) is 0 Å². The molecule has 0 radical (unpaired) electrons. The molecule has 0 aromatic heterocycles. The summed E-state index contributed by atoms with van der Waals surface area (Å²) in [5.74, 6) is 0.378. The van der Waals surface area contributed by atoms with E-state index in [4.69, 9.17) is 15.2 Å². The first-order chi connectivity index (χ1) is 8.15. The Morgan fingerprint density at radius 1 is 1.29 bits per heavy atom. The molecule has 0 unspecified atom stereocenters. The Bertz CT molecular complexity index is 342. The van der Waals surface area contributed by atoms with Crippen LogP contribution in [-0.2, 0) is 4.74 Å². The van der Waals surface area contributed by atoms with Gasteiger partial charge in [0.25, 0.3) is 0 Å². The summed E-state index contributed by atoms with van der Waals surface area (Å²) in [5.41, 5.74) is 6.47. The average Bonchev–Trinajstić information content (AvgIpc) is 2.30. The van der Waals surface area contributed by atoms with Gasteiger partial charge in [-0.15, -0.1) is 0 Å². The van der Waals surface area contributed by atoms with E-state index in [9.17, 15) is 4.39 Å². The van der Waals surface area contributed by atoms with E-state index in [0.717, 1.165) is 19.4 Å². The van der Waals surface area contributed by atoms with Crippen LogP contribution in [0.2, 0.25) is 0 Å². The minimum absolute atomic E-state index is 0.236. The van der Waals surface area contributed by atoms with Gasteiger partial charge in [0.1, 0.15) is 11.6 Å². The summed E-state index contributed by atoms with van der Waals surface area (Å²) >= 11 is 0. The van der Waals surface area contributed by atoms with Gasteiger partial charge in [0, 0.05) is 25.3 Å². The lowest BCUT2D eigenvalue weighted by Gasteiger charge is -2.14. The van der Waals surface area contributed by atoms with Gasteiger partial charge in [-0.2, -0.15) is 0 Å². The predicted molar refractivity (Wildman–Crippen MR) is 65.6 cm³/mol. The maximum atomic E-state index is 13.1. The molecule has 3 nitrogen and oxygen atoms in total. The summed E-state index contributed by atoms with van der Waals surface area (Å²) in [7, 11) is 1.68.